The monoisotopic (exact) mass is 277 g/mol. The summed E-state index contributed by atoms with van der Waals surface area (Å²) in [4.78, 5) is 10.8. The summed E-state index contributed by atoms with van der Waals surface area (Å²) in [5.74, 6) is -1.32. The Bertz CT molecular complexity index is 483. The maximum atomic E-state index is 12.0. The molecule has 1 aromatic rings. The number of carbonyl (C=O) groups excluding carboxylic acids is 1. The van der Waals surface area contributed by atoms with E-state index in [-0.39, 0.29) is 14.6 Å². The van der Waals surface area contributed by atoms with E-state index in [0.717, 1.165) is 0 Å². The zero-order chi connectivity index (χ0) is 10.8. The first kappa shape index (κ1) is 10.2. The summed E-state index contributed by atoms with van der Waals surface area (Å²) in [5.41, 5.74) is 1.43. The van der Waals surface area contributed by atoms with Crippen molar-refractivity contribution in [1.82, 2.24) is 0 Å². The number of nitrogens with one attached hydrogen (secondary N) is 1. The molecular weight excluding hydrogens is 271 g/mol. The van der Waals surface area contributed by atoms with Crippen LogP contribution in [0.25, 0.3) is 0 Å². The fourth-order valence-electron chi connectivity index (χ4n) is 1.09. The molecule has 2 rings (SSSR count). The molecule has 0 bridgehead atoms. The van der Waals surface area contributed by atoms with E-state index in [9.17, 15) is 13.6 Å². The summed E-state index contributed by atoms with van der Waals surface area (Å²) in [7, 11) is 0. The quantitative estimate of drug-likeness (QED) is 0.840. The number of hydrogen-bond acceptors (Lipinski definition) is 3. The number of benzene rings is 1. The molecule has 1 heterocycles. The Balaban J connectivity index is 2.28. The molecule has 0 unspecified atom stereocenters. The average molecular weight is 276 g/mol. The van der Waals surface area contributed by atoms with Crippen LogP contribution >= 0.6 is 0 Å². The van der Waals surface area contributed by atoms with Crippen LogP contribution in [0.2, 0.25) is 0 Å². The summed E-state index contributed by atoms with van der Waals surface area (Å²) in [5, 5.41) is 2.11. The van der Waals surface area contributed by atoms with Crippen LogP contribution in [0.1, 0.15) is 0 Å². The molecule has 15 heavy (non-hydrogen) atoms. The predicted molar refractivity (Wildman–Crippen MR) is 51.0 cm³/mol. The molecule has 0 atom stereocenters. The molecule has 0 fully saturated rings. The van der Waals surface area contributed by atoms with Gasteiger partial charge in [0.1, 0.15) is 0 Å². The van der Waals surface area contributed by atoms with Crippen LogP contribution in [0.4, 0.5) is 25.8 Å². The topological polar surface area (TPSA) is 53.8 Å². The van der Waals surface area contributed by atoms with Crippen molar-refractivity contribution in [2.45, 2.75) is 6.43 Å². The number of rotatable bonds is 2. The Morgan fingerprint density at radius 1 is 1.40 bits per heavy atom. The second kappa shape index (κ2) is 4.04. The molecule has 1 aliphatic rings. The third-order valence-corrected chi connectivity index (χ3v) is 2.88. The Kier molecular flexibility index (Phi) is 2.75. The van der Waals surface area contributed by atoms with Crippen molar-refractivity contribution in [3.63, 3.8) is 0 Å². The van der Waals surface area contributed by atoms with Crippen LogP contribution in [0.15, 0.2) is 26.1 Å². The zero-order valence-electron chi connectivity index (χ0n) is 7.28. The molecule has 0 spiro atoms. The molecule has 0 aromatic heterocycles. The fraction of sp³-hybridized carbons (Fsp3) is 0.125. The standard InChI is InChI=1S/C8H5F2N3OSe/c9-7(10)8(14)11-4-2-1-3-5-6(4)13-15-12-5/h1-3,7H,(H,11,14). The number of fused-ring (bicyclic) bond motifs is 1. The van der Waals surface area contributed by atoms with Gasteiger partial charge in [0.05, 0.1) is 0 Å². The SMILES string of the molecule is O=C(Nc1cccc2c1N=[Se]=N2)C(F)F. The van der Waals surface area contributed by atoms with Gasteiger partial charge >= 0.3 is 89.0 Å². The van der Waals surface area contributed by atoms with Crippen molar-refractivity contribution in [2.75, 3.05) is 5.32 Å². The fourth-order valence-corrected chi connectivity index (χ4v) is 2.25. The van der Waals surface area contributed by atoms with Gasteiger partial charge in [-0.3, -0.25) is 0 Å². The van der Waals surface area contributed by atoms with E-state index in [4.69, 9.17) is 0 Å². The first-order valence-corrected chi connectivity index (χ1v) is 5.52. The Morgan fingerprint density at radius 3 is 2.93 bits per heavy atom. The van der Waals surface area contributed by atoms with Gasteiger partial charge in [-0.05, 0) is 0 Å². The van der Waals surface area contributed by atoms with E-state index in [1.165, 1.54) is 6.07 Å². The summed E-state index contributed by atoms with van der Waals surface area (Å²) < 4.78 is 32.1. The molecule has 0 radical (unpaired) electrons. The number of anilines is 1. The van der Waals surface area contributed by atoms with Gasteiger partial charge < -0.3 is 0 Å². The van der Waals surface area contributed by atoms with Gasteiger partial charge in [-0.25, -0.2) is 0 Å². The Morgan fingerprint density at radius 2 is 2.20 bits per heavy atom. The second-order valence-electron chi connectivity index (χ2n) is 2.73. The first-order valence-electron chi connectivity index (χ1n) is 3.99. The van der Waals surface area contributed by atoms with Gasteiger partial charge in [0.15, 0.2) is 0 Å². The number of amides is 1. The summed E-state index contributed by atoms with van der Waals surface area (Å²) in [6.45, 7) is 0. The van der Waals surface area contributed by atoms with Crippen molar-refractivity contribution in [3.8, 4) is 0 Å². The maximum absolute atomic E-state index is 12.0. The Hall–Kier alpha value is -1.33. The van der Waals surface area contributed by atoms with Crippen molar-refractivity contribution in [3.05, 3.63) is 18.2 Å². The number of nitrogens with zero attached hydrogens (tertiary/aromatic N) is 2. The Labute approximate surface area is 89.4 Å². The van der Waals surface area contributed by atoms with Gasteiger partial charge in [0, 0.05) is 0 Å². The zero-order valence-corrected chi connectivity index (χ0v) is 8.99. The van der Waals surface area contributed by atoms with Gasteiger partial charge in [0.2, 0.25) is 0 Å². The van der Waals surface area contributed by atoms with E-state index >= 15 is 0 Å². The second-order valence-corrected chi connectivity index (χ2v) is 3.84. The van der Waals surface area contributed by atoms with Crippen LogP contribution in [0.5, 0.6) is 0 Å². The number of hydrogen-bond donors (Lipinski definition) is 1. The van der Waals surface area contributed by atoms with Gasteiger partial charge in [0.25, 0.3) is 0 Å². The molecule has 0 saturated heterocycles. The molecule has 1 N–H and O–H groups in total. The van der Waals surface area contributed by atoms with E-state index in [1.54, 1.807) is 12.1 Å². The van der Waals surface area contributed by atoms with Crippen LogP contribution in [0.3, 0.4) is 0 Å². The molecule has 0 saturated carbocycles. The van der Waals surface area contributed by atoms with Crippen LogP contribution in [-0.4, -0.2) is 26.9 Å². The minimum atomic E-state index is -3.02. The number of carbonyl (C=O) groups is 1. The van der Waals surface area contributed by atoms with Crippen LogP contribution in [-0.2, 0) is 4.79 Å². The number of halogens is 2. The summed E-state index contributed by atoms with van der Waals surface area (Å²) in [6.07, 6.45) is -3.02. The van der Waals surface area contributed by atoms with E-state index < -0.39 is 12.3 Å². The van der Waals surface area contributed by atoms with Crippen molar-refractivity contribution in [2.24, 2.45) is 7.92 Å². The molecule has 0 aliphatic carbocycles. The molecule has 1 amide bonds. The summed E-state index contributed by atoms with van der Waals surface area (Å²) in [6, 6.07) is 4.89. The van der Waals surface area contributed by atoms with Crippen LogP contribution < -0.4 is 5.32 Å². The van der Waals surface area contributed by atoms with Gasteiger partial charge in [-0.1, -0.05) is 0 Å². The van der Waals surface area contributed by atoms with E-state index in [1.807, 2.05) is 0 Å². The third-order valence-electron chi connectivity index (χ3n) is 1.74. The van der Waals surface area contributed by atoms with Crippen LogP contribution in [0, 0.1) is 0 Å². The van der Waals surface area contributed by atoms with Gasteiger partial charge in [-0.15, -0.1) is 0 Å². The third kappa shape index (κ3) is 2.03. The minimum absolute atomic E-state index is 0.242. The van der Waals surface area contributed by atoms with Crippen molar-refractivity contribution in [1.29, 1.82) is 0 Å². The molecule has 78 valence electrons. The van der Waals surface area contributed by atoms with E-state index in [2.05, 4.69) is 13.2 Å². The molecule has 1 aromatic carbocycles. The van der Waals surface area contributed by atoms with Gasteiger partial charge in [-0.2, -0.15) is 0 Å². The van der Waals surface area contributed by atoms with E-state index in [0.29, 0.717) is 17.1 Å². The number of alkyl halides is 2. The first-order chi connectivity index (χ1) is 7.18. The predicted octanol–water partition coefficient (Wildman–Crippen LogP) is 2.24. The van der Waals surface area contributed by atoms with Crippen molar-refractivity contribution >= 4 is 37.5 Å². The molecule has 4 nitrogen and oxygen atoms in total. The molecular formula is C8H5F2N3OSe. The summed E-state index contributed by atoms with van der Waals surface area (Å²) >= 11 is -0.242. The normalized spacial score (nSPS) is 12.5. The molecule has 1 aliphatic heterocycles. The average Bonchev–Trinajstić information content (AvgIpc) is 2.66. The molecule has 7 heteroatoms. The van der Waals surface area contributed by atoms with Crippen molar-refractivity contribution < 1.29 is 13.6 Å².